The van der Waals surface area contributed by atoms with Gasteiger partial charge in [-0.05, 0) is 35.5 Å². The zero-order valence-corrected chi connectivity index (χ0v) is 12.3. The molecule has 6 heteroatoms. The Balaban J connectivity index is 1.74. The molecule has 2 aliphatic heterocycles. The molecule has 1 aromatic rings. The SMILES string of the molecule is O=C1N=C(N2CCOCC2)S/C1=C/c1ccc(Cl)cc1. The number of nitrogens with zero attached hydrogens (tertiary/aromatic N) is 2. The van der Waals surface area contributed by atoms with Crippen LogP contribution in [0.5, 0.6) is 0 Å². The van der Waals surface area contributed by atoms with Gasteiger partial charge in [0, 0.05) is 18.1 Å². The number of carbonyl (C=O) groups is 1. The maximum Gasteiger partial charge on any atom is 0.286 e. The van der Waals surface area contributed by atoms with E-state index in [1.807, 2.05) is 30.3 Å². The summed E-state index contributed by atoms with van der Waals surface area (Å²) < 4.78 is 5.30. The minimum atomic E-state index is -0.175. The molecule has 0 aromatic heterocycles. The fraction of sp³-hybridized carbons (Fsp3) is 0.286. The van der Waals surface area contributed by atoms with Gasteiger partial charge in [-0.3, -0.25) is 4.79 Å². The van der Waals surface area contributed by atoms with Crippen molar-refractivity contribution < 1.29 is 9.53 Å². The molecule has 0 N–H and O–H groups in total. The molecule has 1 saturated heterocycles. The molecule has 1 fully saturated rings. The molecule has 104 valence electrons. The second-order valence-corrected chi connectivity index (χ2v) is 5.91. The third-order valence-electron chi connectivity index (χ3n) is 3.06. The van der Waals surface area contributed by atoms with E-state index in [2.05, 4.69) is 9.89 Å². The van der Waals surface area contributed by atoms with Gasteiger partial charge in [-0.1, -0.05) is 23.7 Å². The van der Waals surface area contributed by atoms with Crippen molar-refractivity contribution in [3.8, 4) is 0 Å². The van der Waals surface area contributed by atoms with Gasteiger partial charge in [0.25, 0.3) is 5.91 Å². The molecular weight excluding hydrogens is 296 g/mol. The van der Waals surface area contributed by atoms with Gasteiger partial charge < -0.3 is 9.64 Å². The molecular formula is C14H13ClN2O2S. The molecule has 2 heterocycles. The average molecular weight is 309 g/mol. The summed E-state index contributed by atoms with van der Waals surface area (Å²) >= 11 is 7.27. The number of carbonyl (C=O) groups excluding carboxylic acids is 1. The Hall–Kier alpha value is -1.30. The number of morpholine rings is 1. The van der Waals surface area contributed by atoms with Crippen LogP contribution in [0.15, 0.2) is 34.2 Å². The van der Waals surface area contributed by atoms with Crippen LogP contribution < -0.4 is 0 Å². The van der Waals surface area contributed by atoms with Crippen molar-refractivity contribution in [3.63, 3.8) is 0 Å². The van der Waals surface area contributed by atoms with E-state index in [0.717, 1.165) is 23.8 Å². The lowest BCUT2D eigenvalue weighted by Gasteiger charge is -2.27. The number of amidine groups is 1. The van der Waals surface area contributed by atoms with Crippen LogP contribution in [-0.4, -0.2) is 42.3 Å². The summed E-state index contributed by atoms with van der Waals surface area (Å²) in [7, 11) is 0. The number of rotatable bonds is 1. The minimum Gasteiger partial charge on any atom is -0.378 e. The van der Waals surface area contributed by atoms with Crippen molar-refractivity contribution >= 4 is 40.5 Å². The second kappa shape index (κ2) is 5.99. The summed E-state index contributed by atoms with van der Waals surface area (Å²) in [6.07, 6.45) is 1.85. The molecule has 0 bridgehead atoms. The van der Waals surface area contributed by atoms with Gasteiger partial charge in [-0.15, -0.1) is 0 Å². The number of hydrogen-bond donors (Lipinski definition) is 0. The molecule has 0 spiro atoms. The van der Waals surface area contributed by atoms with Crippen molar-refractivity contribution in [2.24, 2.45) is 4.99 Å². The van der Waals surface area contributed by atoms with Gasteiger partial charge in [0.15, 0.2) is 5.17 Å². The number of aliphatic imine (C=N–C) groups is 1. The third-order valence-corrected chi connectivity index (χ3v) is 4.36. The number of halogens is 1. The molecule has 0 radical (unpaired) electrons. The summed E-state index contributed by atoms with van der Waals surface area (Å²) in [6, 6.07) is 7.38. The maximum atomic E-state index is 11.9. The van der Waals surface area contributed by atoms with E-state index in [9.17, 15) is 4.79 Å². The number of ether oxygens (including phenoxy) is 1. The quantitative estimate of drug-likeness (QED) is 0.748. The van der Waals surface area contributed by atoms with Gasteiger partial charge in [0.2, 0.25) is 0 Å². The normalized spacial score (nSPS) is 21.4. The van der Waals surface area contributed by atoms with E-state index in [4.69, 9.17) is 16.3 Å². The third kappa shape index (κ3) is 3.06. The standard InChI is InChI=1S/C14H13ClN2O2S/c15-11-3-1-10(2-4-11)9-12-13(18)16-14(20-12)17-5-7-19-8-6-17/h1-4,9H,5-8H2/b12-9+. The first kappa shape index (κ1) is 13.7. The molecule has 1 amide bonds. The number of hydrogen-bond acceptors (Lipinski definition) is 4. The summed E-state index contributed by atoms with van der Waals surface area (Å²) in [5, 5.41) is 1.46. The van der Waals surface area contributed by atoms with Gasteiger partial charge in [-0.25, -0.2) is 0 Å². The number of amides is 1. The van der Waals surface area contributed by atoms with Crippen molar-refractivity contribution in [3.05, 3.63) is 39.8 Å². The molecule has 1 aromatic carbocycles. The number of thioether (sulfide) groups is 1. The Labute approximate surface area is 126 Å². The van der Waals surface area contributed by atoms with Crippen LogP contribution in [0.3, 0.4) is 0 Å². The van der Waals surface area contributed by atoms with E-state index in [-0.39, 0.29) is 5.91 Å². The Bertz CT molecular complexity index is 577. The Morgan fingerprint density at radius 2 is 1.95 bits per heavy atom. The average Bonchev–Trinajstić information content (AvgIpc) is 2.84. The maximum absolute atomic E-state index is 11.9. The van der Waals surface area contributed by atoms with Crippen molar-refractivity contribution in [2.75, 3.05) is 26.3 Å². The molecule has 4 nitrogen and oxygen atoms in total. The Morgan fingerprint density at radius 3 is 2.65 bits per heavy atom. The second-order valence-electron chi connectivity index (χ2n) is 4.46. The van der Waals surface area contributed by atoms with Gasteiger partial charge in [0.05, 0.1) is 18.1 Å². The minimum absolute atomic E-state index is 0.175. The summed E-state index contributed by atoms with van der Waals surface area (Å²) in [5.74, 6) is -0.175. The highest BCUT2D eigenvalue weighted by atomic mass is 35.5. The zero-order chi connectivity index (χ0) is 13.9. The van der Waals surface area contributed by atoms with Crippen LogP contribution >= 0.6 is 23.4 Å². The first-order valence-corrected chi connectivity index (χ1v) is 7.53. The highest BCUT2D eigenvalue weighted by Gasteiger charge is 2.26. The van der Waals surface area contributed by atoms with Crippen LogP contribution in [0.25, 0.3) is 6.08 Å². The van der Waals surface area contributed by atoms with E-state index < -0.39 is 0 Å². The fourth-order valence-corrected chi connectivity index (χ4v) is 3.09. The smallest absolute Gasteiger partial charge is 0.286 e. The first-order chi connectivity index (χ1) is 9.72. The summed E-state index contributed by atoms with van der Waals surface area (Å²) in [4.78, 5) is 18.8. The molecule has 0 saturated carbocycles. The lowest BCUT2D eigenvalue weighted by atomic mass is 10.2. The van der Waals surface area contributed by atoms with E-state index in [1.165, 1.54) is 11.8 Å². The predicted octanol–water partition coefficient (Wildman–Crippen LogP) is 2.64. The van der Waals surface area contributed by atoms with Crippen LogP contribution in [0.1, 0.15) is 5.56 Å². The largest absolute Gasteiger partial charge is 0.378 e. The van der Waals surface area contributed by atoms with Crippen molar-refractivity contribution in [1.29, 1.82) is 0 Å². The van der Waals surface area contributed by atoms with Gasteiger partial charge in [0.1, 0.15) is 0 Å². The molecule has 2 aliphatic rings. The lowest BCUT2D eigenvalue weighted by Crippen LogP contribution is -2.38. The van der Waals surface area contributed by atoms with Gasteiger partial charge in [-0.2, -0.15) is 4.99 Å². The topological polar surface area (TPSA) is 41.9 Å². The Kier molecular flexibility index (Phi) is 4.10. The highest BCUT2D eigenvalue weighted by Crippen LogP contribution is 2.30. The van der Waals surface area contributed by atoms with E-state index in [1.54, 1.807) is 0 Å². The summed E-state index contributed by atoms with van der Waals surface area (Å²) in [5.41, 5.74) is 0.948. The molecule has 0 aliphatic carbocycles. The fourth-order valence-electron chi connectivity index (χ4n) is 2.00. The highest BCUT2D eigenvalue weighted by molar-refractivity contribution is 8.18. The van der Waals surface area contributed by atoms with Crippen LogP contribution in [-0.2, 0) is 9.53 Å². The van der Waals surface area contributed by atoms with Crippen LogP contribution in [0.2, 0.25) is 5.02 Å². The van der Waals surface area contributed by atoms with Crippen molar-refractivity contribution in [2.45, 2.75) is 0 Å². The lowest BCUT2D eigenvalue weighted by molar-refractivity contribution is -0.113. The summed E-state index contributed by atoms with van der Waals surface area (Å²) in [6.45, 7) is 2.94. The van der Waals surface area contributed by atoms with E-state index in [0.29, 0.717) is 23.1 Å². The zero-order valence-electron chi connectivity index (χ0n) is 10.7. The monoisotopic (exact) mass is 308 g/mol. The first-order valence-electron chi connectivity index (χ1n) is 6.33. The molecule has 3 rings (SSSR count). The van der Waals surface area contributed by atoms with Crippen LogP contribution in [0.4, 0.5) is 0 Å². The van der Waals surface area contributed by atoms with Crippen LogP contribution in [0, 0.1) is 0 Å². The molecule has 0 unspecified atom stereocenters. The Morgan fingerprint density at radius 1 is 1.25 bits per heavy atom. The van der Waals surface area contributed by atoms with E-state index >= 15 is 0 Å². The predicted molar refractivity (Wildman–Crippen MR) is 81.9 cm³/mol. The molecule has 0 atom stereocenters. The van der Waals surface area contributed by atoms with Crippen molar-refractivity contribution in [1.82, 2.24) is 4.90 Å². The number of benzene rings is 1. The van der Waals surface area contributed by atoms with Gasteiger partial charge >= 0.3 is 0 Å². The molecule has 20 heavy (non-hydrogen) atoms.